The number of amides is 2. The van der Waals surface area contributed by atoms with E-state index < -0.39 is 6.10 Å². The molecule has 2 amide bonds. The van der Waals surface area contributed by atoms with Gasteiger partial charge in [-0.3, -0.25) is 9.59 Å². The largest absolute Gasteiger partial charge is 0.467 e. The van der Waals surface area contributed by atoms with Crippen molar-refractivity contribution in [1.29, 1.82) is 0 Å². The van der Waals surface area contributed by atoms with Crippen molar-refractivity contribution in [3.05, 3.63) is 24.2 Å². The summed E-state index contributed by atoms with van der Waals surface area (Å²) >= 11 is 0. The Balaban J connectivity index is 2.13. The van der Waals surface area contributed by atoms with Crippen molar-refractivity contribution < 1.29 is 19.1 Å². The van der Waals surface area contributed by atoms with Crippen LogP contribution in [-0.4, -0.2) is 29.5 Å². The van der Waals surface area contributed by atoms with E-state index in [-0.39, 0.29) is 30.8 Å². The minimum absolute atomic E-state index is 0.0524. The Morgan fingerprint density at radius 1 is 1.30 bits per heavy atom. The summed E-state index contributed by atoms with van der Waals surface area (Å²) in [5.74, 6) is 0.179. The molecule has 0 saturated heterocycles. The molecule has 1 atom stereocenters. The normalized spacial score (nSPS) is 12.2. The molecule has 1 aromatic heterocycles. The van der Waals surface area contributed by atoms with Crippen molar-refractivity contribution in [1.82, 2.24) is 10.6 Å². The van der Waals surface area contributed by atoms with Crippen molar-refractivity contribution in [2.24, 2.45) is 0 Å². The predicted octanol–water partition coefficient (Wildman–Crippen LogP) is 1.12. The Bertz CT molecular complexity index is 415. The summed E-state index contributed by atoms with van der Waals surface area (Å²) in [6.07, 6.45) is 1.69. The second-order valence-electron chi connectivity index (χ2n) is 4.91. The molecule has 20 heavy (non-hydrogen) atoms. The second kappa shape index (κ2) is 8.37. The number of furan rings is 1. The molecule has 6 nitrogen and oxygen atoms in total. The number of aliphatic hydroxyl groups excluding tert-OH is 1. The van der Waals surface area contributed by atoms with Gasteiger partial charge < -0.3 is 20.2 Å². The highest BCUT2D eigenvalue weighted by atomic mass is 16.4. The first-order valence-electron chi connectivity index (χ1n) is 6.76. The van der Waals surface area contributed by atoms with Gasteiger partial charge in [-0.2, -0.15) is 0 Å². The molecule has 0 fully saturated rings. The second-order valence-corrected chi connectivity index (χ2v) is 4.91. The van der Waals surface area contributed by atoms with Crippen LogP contribution in [0.3, 0.4) is 0 Å². The van der Waals surface area contributed by atoms with E-state index >= 15 is 0 Å². The molecule has 0 aliphatic heterocycles. The summed E-state index contributed by atoms with van der Waals surface area (Å²) in [4.78, 5) is 22.9. The zero-order chi connectivity index (χ0) is 15.0. The van der Waals surface area contributed by atoms with E-state index in [0.717, 1.165) is 0 Å². The van der Waals surface area contributed by atoms with E-state index in [1.54, 1.807) is 12.1 Å². The lowest BCUT2D eigenvalue weighted by Gasteiger charge is -2.10. The van der Waals surface area contributed by atoms with Crippen LogP contribution in [0.4, 0.5) is 0 Å². The predicted molar refractivity (Wildman–Crippen MR) is 73.8 cm³/mol. The van der Waals surface area contributed by atoms with E-state index in [0.29, 0.717) is 18.6 Å². The van der Waals surface area contributed by atoms with Crippen LogP contribution in [0.5, 0.6) is 0 Å². The molecule has 1 heterocycles. The molecule has 0 spiro atoms. The number of hydrogen-bond donors (Lipinski definition) is 3. The van der Waals surface area contributed by atoms with Crippen LogP contribution < -0.4 is 10.6 Å². The molecule has 0 saturated carbocycles. The first kappa shape index (κ1) is 16.2. The Morgan fingerprint density at radius 2 is 2.00 bits per heavy atom. The highest BCUT2D eigenvalue weighted by Crippen LogP contribution is 2.11. The Labute approximate surface area is 118 Å². The molecule has 1 unspecified atom stereocenters. The third-order valence-electron chi connectivity index (χ3n) is 2.62. The van der Waals surface area contributed by atoms with Crippen molar-refractivity contribution >= 4 is 11.8 Å². The van der Waals surface area contributed by atoms with Crippen LogP contribution in [0.2, 0.25) is 0 Å². The SMILES string of the molecule is CC(C)NC(=O)CCCC(=O)NCC(O)c1ccco1. The minimum atomic E-state index is -0.849. The van der Waals surface area contributed by atoms with Gasteiger partial charge in [0.15, 0.2) is 0 Å². The molecule has 6 heteroatoms. The first-order valence-corrected chi connectivity index (χ1v) is 6.76. The zero-order valence-electron chi connectivity index (χ0n) is 11.9. The van der Waals surface area contributed by atoms with E-state index in [2.05, 4.69) is 10.6 Å². The van der Waals surface area contributed by atoms with Crippen LogP contribution in [0.1, 0.15) is 45.0 Å². The maximum absolute atomic E-state index is 11.5. The third-order valence-corrected chi connectivity index (χ3v) is 2.62. The highest BCUT2D eigenvalue weighted by molar-refractivity contribution is 5.78. The van der Waals surface area contributed by atoms with E-state index in [1.165, 1.54) is 6.26 Å². The Morgan fingerprint density at radius 3 is 2.60 bits per heavy atom. The summed E-state index contributed by atoms with van der Waals surface area (Å²) in [5, 5.41) is 15.1. The Kier molecular flexibility index (Phi) is 6.79. The van der Waals surface area contributed by atoms with Crippen molar-refractivity contribution in [2.45, 2.75) is 45.3 Å². The van der Waals surface area contributed by atoms with Gasteiger partial charge >= 0.3 is 0 Å². The van der Waals surface area contributed by atoms with E-state index in [1.807, 2.05) is 13.8 Å². The topological polar surface area (TPSA) is 91.6 Å². The average molecular weight is 282 g/mol. The lowest BCUT2D eigenvalue weighted by Crippen LogP contribution is -2.31. The smallest absolute Gasteiger partial charge is 0.220 e. The lowest BCUT2D eigenvalue weighted by molar-refractivity contribution is -0.122. The van der Waals surface area contributed by atoms with Crippen LogP contribution in [-0.2, 0) is 9.59 Å². The van der Waals surface area contributed by atoms with Crippen molar-refractivity contribution in [3.63, 3.8) is 0 Å². The fraction of sp³-hybridized carbons (Fsp3) is 0.571. The standard InChI is InChI=1S/C14H22N2O4/c1-10(2)16-14(19)7-3-6-13(18)15-9-11(17)12-5-4-8-20-12/h4-5,8,10-11,17H,3,6-7,9H2,1-2H3,(H,15,18)(H,16,19). The monoisotopic (exact) mass is 282 g/mol. The van der Waals surface area contributed by atoms with Gasteiger partial charge in [0.1, 0.15) is 11.9 Å². The molecule has 0 radical (unpaired) electrons. The van der Waals surface area contributed by atoms with E-state index in [9.17, 15) is 14.7 Å². The fourth-order valence-corrected chi connectivity index (χ4v) is 1.68. The maximum atomic E-state index is 11.5. The molecule has 0 aliphatic rings. The molecular weight excluding hydrogens is 260 g/mol. The van der Waals surface area contributed by atoms with Gasteiger partial charge in [0.25, 0.3) is 0 Å². The number of aliphatic hydroxyl groups is 1. The molecular formula is C14H22N2O4. The number of nitrogens with one attached hydrogen (secondary N) is 2. The van der Waals surface area contributed by atoms with E-state index in [4.69, 9.17) is 4.42 Å². The summed E-state index contributed by atoms with van der Waals surface area (Å²) in [7, 11) is 0. The van der Waals surface area contributed by atoms with Crippen LogP contribution in [0, 0.1) is 0 Å². The molecule has 0 aromatic carbocycles. The van der Waals surface area contributed by atoms with Crippen molar-refractivity contribution in [3.8, 4) is 0 Å². The summed E-state index contributed by atoms with van der Waals surface area (Å²) < 4.78 is 5.02. The molecule has 0 aliphatic carbocycles. The molecule has 1 aromatic rings. The zero-order valence-corrected chi connectivity index (χ0v) is 11.9. The third kappa shape index (κ3) is 6.38. The van der Waals surface area contributed by atoms with Crippen LogP contribution >= 0.6 is 0 Å². The maximum Gasteiger partial charge on any atom is 0.220 e. The Hall–Kier alpha value is -1.82. The highest BCUT2D eigenvalue weighted by Gasteiger charge is 2.12. The quantitative estimate of drug-likeness (QED) is 0.666. The number of rotatable bonds is 8. The number of carbonyl (C=O) groups excluding carboxylic acids is 2. The van der Waals surface area contributed by atoms with Crippen LogP contribution in [0.25, 0.3) is 0 Å². The number of carbonyl (C=O) groups is 2. The van der Waals surface area contributed by atoms with Gasteiger partial charge in [-0.25, -0.2) is 0 Å². The molecule has 112 valence electrons. The molecule has 1 rings (SSSR count). The lowest BCUT2D eigenvalue weighted by atomic mass is 10.2. The van der Waals surface area contributed by atoms with Gasteiger partial charge in [0, 0.05) is 18.9 Å². The first-order chi connectivity index (χ1) is 9.49. The van der Waals surface area contributed by atoms with Gasteiger partial charge in [-0.05, 0) is 32.4 Å². The van der Waals surface area contributed by atoms with Crippen LogP contribution in [0.15, 0.2) is 22.8 Å². The summed E-state index contributed by atoms with van der Waals surface area (Å²) in [5.41, 5.74) is 0. The van der Waals surface area contributed by atoms with Gasteiger partial charge in [-0.15, -0.1) is 0 Å². The fourth-order valence-electron chi connectivity index (χ4n) is 1.68. The van der Waals surface area contributed by atoms with Crippen molar-refractivity contribution in [2.75, 3.05) is 6.54 Å². The summed E-state index contributed by atoms with van der Waals surface area (Å²) in [6.45, 7) is 3.88. The molecule has 0 bridgehead atoms. The molecule has 3 N–H and O–H groups in total. The van der Waals surface area contributed by atoms with Gasteiger partial charge in [0.2, 0.25) is 11.8 Å². The van der Waals surface area contributed by atoms with Gasteiger partial charge in [0.05, 0.1) is 12.8 Å². The number of hydrogen-bond acceptors (Lipinski definition) is 4. The average Bonchev–Trinajstić information content (AvgIpc) is 2.88. The minimum Gasteiger partial charge on any atom is -0.467 e. The van der Waals surface area contributed by atoms with Gasteiger partial charge in [-0.1, -0.05) is 0 Å². The summed E-state index contributed by atoms with van der Waals surface area (Å²) in [6, 6.07) is 3.43.